The molecule has 0 aliphatic heterocycles. The Bertz CT molecular complexity index is 320. The van der Waals surface area contributed by atoms with Gasteiger partial charge in [0.05, 0.1) is 33.0 Å². The molecule has 6 nitrogen and oxygen atoms in total. The molecule has 2 N–H and O–H groups in total. The number of amides is 1. The van der Waals surface area contributed by atoms with E-state index in [9.17, 15) is 4.79 Å². The molecular formula is C23H51NO5. The Labute approximate surface area is 181 Å². The summed E-state index contributed by atoms with van der Waals surface area (Å²) in [5, 5.41) is 11.6. The molecule has 0 aromatic heterocycles. The zero-order valence-corrected chi connectivity index (χ0v) is 19.7. The molecule has 0 rings (SSSR count). The Morgan fingerprint density at radius 1 is 0.793 bits per heavy atom. The quantitative estimate of drug-likeness (QED) is 0.265. The van der Waals surface area contributed by atoms with Gasteiger partial charge in [-0.2, -0.15) is 0 Å². The molecule has 0 aliphatic rings. The van der Waals surface area contributed by atoms with Gasteiger partial charge in [-0.1, -0.05) is 53.4 Å². The van der Waals surface area contributed by atoms with Gasteiger partial charge in [0.2, 0.25) is 5.91 Å². The second kappa shape index (κ2) is 27.3. The Morgan fingerprint density at radius 3 is 1.90 bits per heavy atom. The summed E-state index contributed by atoms with van der Waals surface area (Å²) in [6.07, 6.45) is 9.15. The van der Waals surface area contributed by atoms with Gasteiger partial charge in [0.1, 0.15) is 0 Å². The lowest BCUT2D eigenvalue weighted by Crippen LogP contribution is -2.27. The van der Waals surface area contributed by atoms with E-state index in [0.29, 0.717) is 46.0 Å². The molecule has 0 atom stereocenters. The van der Waals surface area contributed by atoms with Crippen LogP contribution in [-0.2, 0) is 19.0 Å². The number of carbonyl (C=O) groups is 1. The Kier molecular flexibility index (Phi) is 28.7. The third kappa shape index (κ3) is 29.6. The highest BCUT2D eigenvalue weighted by atomic mass is 16.5. The second-order valence-corrected chi connectivity index (χ2v) is 7.32. The fourth-order valence-corrected chi connectivity index (χ4v) is 2.59. The van der Waals surface area contributed by atoms with E-state index in [1.807, 2.05) is 13.8 Å². The summed E-state index contributed by atoms with van der Waals surface area (Å²) in [6.45, 7) is 12.9. The van der Waals surface area contributed by atoms with Gasteiger partial charge in [0.25, 0.3) is 0 Å². The van der Waals surface area contributed by atoms with Crippen LogP contribution >= 0.6 is 0 Å². The Hall–Kier alpha value is -0.690. The summed E-state index contributed by atoms with van der Waals surface area (Å²) in [5.41, 5.74) is 0. The van der Waals surface area contributed by atoms with Gasteiger partial charge in [0.15, 0.2) is 0 Å². The zero-order chi connectivity index (χ0) is 22.0. The fraction of sp³-hybridized carbons (Fsp3) is 0.957. The molecule has 0 spiro atoms. The molecule has 0 aliphatic carbocycles. The van der Waals surface area contributed by atoms with Crippen molar-refractivity contribution in [1.29, 1.82) is 0 Å². The molecule has 6 heteroatoms. The second-order valence-electron chi connectivity index (χ2n) is 7.32. The fourth-order valence-electron chi connectivity index (χ4n) is 2.59. The minimum Gasteiger partial charge on any atom is -0.396 e. The minimum absolute atomic E-state index is 0. The first-order valence-corrected chi connectivity index (χ1v) is 11.8. The van der Waals surface area contributed by atoms with Crippen LogP contribution in [0.1, 0.15) is 86.9 Å². The smallest absolute Gasteiger partial charge is 0.220 e. The van der Waals surface area contributed by atoms with Crippen molar-refractivity contribution in [2.45, 2.75) is 85.5 Å². The van der Waals surface area contributed by atoms with E-state index in [-0.39, 0.29) is 13.9 Å². The van der Waals surface area contributed by atoms with Crippen molar-refractivity contribution in [1.82, 2.24) is 5.32 Å². The average Bonchev–Trinajstić information content (AvgIpc) is 2.72. The van der Waals surface area contributed by atoms with E-state index in [1.54, 1.807) is 0 Å². The highest BCUT2D eigenvalue weighted by Gasteiger charge is 2.00. The van der Waals surface area contributed by atoms with Crippen LogP contribution in [0.3, 0.4) is 0 Å². The van der Waals surface area contributed by atoms with Crippen molar-refractivity contribution in [3.8, 4) is 0 Å². The number of hydrogen-bond acceptors (Lipinski definition) is 5. The molecular weight excluding hydrogens is 370 g/mol. The van der Waals surface area contributed by atoms with Crippen LogP contribution in [0.25, 0.3) is 0 Å². The van der Waals surface area contributed by atoms with Gasteiger partial charge < -0.3 is 24.6 Å². The predicted octanol–water partition coefficient (Wildman–Crippen LogP) is 4.58. The van der Waals surface area contributed by atoms with Crippen LogP contribution in [0.2, 0.25) is 0 Å². The van der Waals surface area contributed by atoms with Crippen LogP contribution in [0, 0.1) is 5.92 Å². The molecule has 0 aromatic carbocycles. The maximum absolute atomic E-state index is 11.7. The van der Waals surface area contributed by atoms with Gasteiger partial charge in [0, 0.05) is 27.6 Å². The lowest BCUT2D eigenvalue weighted by molar-refractivity contribution is -0.121. The Balaban J connectivity index is -0.00000235. The summed E-state index contributed by atoms with van der Waals surface area (Å²) in [4.78, 5) is 11.7. The average molecular weight is 422 g/mol. The zero-order valence-electron chi connectivity index (χ0n) is 19.7. The topological polar surface area (TPSA) is 77.0 Å². The van der Waals surface area contributed by atoms with E-state index >= 15 is 0 Å². The first-order chi connectivity index (χ1) is 14.2. The molecule has 0 aromatic rings. The molecule has 29 heavy (non-hydrogen) atoms. The van der Waals surface area contributed by atoms with Crippen molar-refractivity contribution in [3.63, 3.8) is 0 Å². The summed E-state index contributed by atoms with van der Waals surface area (Å²) < 4.78 is 16.4. The van der Waals surface area contributed by atoms with Crippen molar-refractivity contribution in [2.24, 2.45) is 5.92 Å². The standard InChI is InChI=1S/C21H43NO5.C2H6.H2/c1-20(2)10-9-14-25-16-18-27-19-17-26-15-12-22-21(24)11-7-5-3-4-6-8-13-23;1-2;/h20,23H,3-19H2,1-2H3,(H,22,24);1-2H3;1H. The van der Waals surface area contributed by atoms with Gasteiger partial charge in [-0.15, -0.1) is 0 Å². The molecule has 0 bridgehead atoms. The van der Waals surface area contributed by atoms with Crippen LogP contribution in [0.5, 0.6) is 0 Å². The number of unbranched alkanes of at least 4 members (excludes halogenated alkanes) is 5. The molecule has 0 heterocycles. The van der Waals surface area contributed by atoms with Crippen LogP contribution in [0.15, 0.2) is 0 Å². The van der Waals surface area contributed by atoms with Gasteiger partial charge in [-0.3, -0.25) is 4.79 Å². The van der Waals surface area contributed by atoms with Crippen LogP contribution in [-0.4, -0.2) is 63.8 Å². The number of hydrogen-bond donors (Lipinski definition) is 2. The SMILES string of the molecule is CC.CC(C)CCCOCCOCCOCCNC(=O)CCCCCCCCO.[HH]. The van der Waals surface area contributed by atoms with Crippen molar-refractivity contribution in [2.75, 3.05) is 52.8 Å². The molecule has 0 radical (unpaired) electrons. The third-order valence-corrected chi connectivity index (χ3v) is 4.19. The maximum atomic E-state index is 11.7. The highest BCUT2D eigenvalue weighted by molar-refractivity contribution is 5.75. The third-order valence-electron chi connectivity index (χ3n) is 4.19. The van der Waals surface area contributed by atoms with Crippen molar-refractivity contribution < 1.29 is 25.5 Å². The summed E-state index contributed by atoms with van der Waals surface area (Å²) in [7, 11) is 0. The number of ether oxygens (including phenoxy) is 3. The van der Waals surface area contributed by atoms with Gasteiger partial charge in [-0.25, -0.2) is 0 Å². The molecule has 0 saturated heterocycles. The number of carbonyl (C=O) groups excluding carboxylic acids is 1. The normalized spacial score (nSPS) is 10.7. The molecule has 0 saturated carbocycles. The minimum atomic E-state index is 0. The maximum Gasteiger partial charge on any atom is 0.220 e. The van der Waals surface area contributed by atoms with E-state index in [0.717, 1.165) is 57.5 Å². The van der Waals surface area contributed by atoms with Gasteiger partial charge >= 0.3 is 0 Å². The highest BCUT2D eigenvalue weighted by Crippen LogP contribution is 2.06. The van der Waals surface area contributed by atoms with E-state index in [4.69, 9.17) is 19.3 Å². The summed E-state index contributed by atoms with van der Waals surface area (Å²) in [5.74, 6) is 0.833. The molecule has 0 fully saturated rings. The van der Waals surface area contributed by atoms with E-state index in [1.165, 1.54) is 6.42 Å². The number of rotatable bonds is 21. The first-order valence-electron chi connectivity index (χ1n) is 11.8. The first kappa shape index (κ1) is 30.5. The van der Waals surface area contributed by atoms with E-state index in [2.05, 4.69) is 19.2 Å². The largest absolute Gasteiger partial charge is 0.396 e. The van der Waals surface area contributed by atoms with Crippen LogP contribution in [0.4, 0.5) is 0 Å². The van der Waals surface area contributed by atoms with Gasteiger partial charge in [-0.05, 0) is 31.6 Å². The summed E-state index contributed by atoms with van der Waals surface area (Å²) in [6, 6.07) is 0. The van der Waals surface area contributed by atoms with Crippen molar-refractivity contribution in [3.05, 3.63) is 0 Å². The number of aliphatic hydroxyl groups excluding tert-OH is 1. The Morgan fingerprint density at radius 2 is 1.31 bits per heavy atom. The van der Waals surface area contributed by atoms with Crippen molar-refractivity contribution >= 4 is 5.91 Å². The van der Waals surface area contributed by atoms with E-state index < -0.39 is 0 Å². The molecule has 178 valence electrons. The number of nitrogens with one attached hydrogen (secondary N) is 1. The number of aliphatic hydroxyl groups is 1. The van der Waals surface area contributed by atoms with Crippen LogP contribution < -0.4 is 5.32 Å². The molecule has 1 amide bonds. The molecule has 0 unspecified atom stereocenters. The lowest BCUT2D eigenvalue weighted by atomic mass is 10.1. The predicted molar refractivity (Wildman–Crippen MR) is 122 cm³/mol. The lowest BCUT2D eigenvalue weighted by Gasteiger charge is -2.08. The summed E-state index contributed by atoms with van der Waals surface area (Å²) >= 11 is 0. The monoisotopic (exact) mass is 421 g/mol.